The molecule has 0 heterocycles. The highest BCUT2D eigenvalue weighted by Crippen LogP contribution is 2.17. The summed E-state index contributed by atoms with van der Waals surface area (Å²) in [7, 11) is 0. The molecule has 0 fully saturated rings. The summed E-state index contributed by atoms with van der Waals surface area (Å²) >= 11 is 0. The zero-order chi connectivity index (χ0) is 17.9. The lowest BCUT2D eigenvalue weighted by molar-refractivity contribution is -0.385. The van der Waals surface area contributed by atoms with Crippen LogP contribution in [-0.2, 0) is 22.4 Å². The van der Waals surface area contributed by atoms with Gasteiger partial charge in [0.1, 0.15) is 0 Å². The fourth-order valence-corrected chi connectivity index (χ4v) is 2.41. The number of carbonyl (C=O) groups excluding carboxylic acids is 1. The quantitative estimate of drug-likeness (QED) is 0.409. The van der Waals surface area contributed by atoms with Gasteiger partial charge in [0.25, 0.3) is 5.69 Å². The van der Waals surface area contributed by atoms with Crippen molar-refractivity contribution in [2.45, 2.75) is 19.3 Å². The van der Waals surface area contributed by atoms with E-state index in [-0.39, 0.29) is 18.0 Å². The normalized spacial score (nSPS) is 10.4. The lowest BCUT2D eigenvalue weighted by Gasteiger charge is -2.07. The van der Waals surface area contributed by atoms with E-state index in [1.54, 1.807) is 18.2 Å². The summed E-state index contributed by atoms with van der Waals surface area (Å²) in [6, 6.07) is 16.4. The van der Waals surface area contributed by atoms with E-state index in [0.717, 1.165) is 6.42 Å². The number of para-hydroxylation sites is 1. The van der Waals surface area contributed by atoms with Gasteiger partial charge in [0.2, 0.25) is 5.91 Å². The van der Waals surface area contributed by atoms with Crippen molar-refractivity contribution in [1.29, 1.82) is 0 Å². The molecule has 0 aliphatic rings. The number of nitro groups is 1. The molecule has 0 saturated heterocycles. The molecule has 6 nitrogen and oxygen atoms in total. The molecule has 0 saturated carbocycles. The number of carbonyl (C=O) groups is 1. The molecule has 0 atom stereocenters. The molecule has 0 bridgehead atoms. The Balaban J connectivity index is 1.59. The molecular formula is C19H22N2O4. The number of nitrogens with zero attached hydrogens (tertiary/aromatic N) is 1. The summed E-state index contributed by atoms with van der Waals surface area (Å²) < 4.78 is 5.55. The Bertz CT molecular complexity index is 689. The number of amides is 1. The summed E-state index contributed by atoms with van der Waals surface area (Å²) in [5.74, 6) is -0.224. The minimum absolute atomic E-state index is 0.00597. The molecule has 1 N–H and O–H groups in total. The molecule has 0 spiro atoms. The van der Waals surface area contributed by atoms with Crippen molar-refractivity contribution in [1.82, 2.24) is 5.32 Å². The van der Waals surface area contributed by atoms with Crippen LogP contribution in [-0.4, -0.2) is 30.6 Å². The van der Waals surface area contributed by atoms with E-state index < -0.39 is 4.92 Å². The number of rotatable bonds is 10. The smallest absolute Gasteiger partial charge is 0.273 e. The average Bonchev–Trinajstić information content (AvgIpc) is 2.62. The fourth-order valence-electron chi connectivity index (χ4n) is 2.41. The third-order valence-electron chi connectivity index (χ3n) is 3.70. The average molecular weight is 342 g/mol. The van der Waals surface area contributed by atoms with Crippen LogP contribution in [0.5, 0.6) is 0 Å². The predicted octanol–water partition coefficient (Wildman–Crippen LogP) is 2.90. The fraction of sp³-hybridized carbons (Fsp3) is 0.316. The second-order valence-corrected chi connectivity index (χ2v) is 5.61. The molecule has 0 aromatic heterocycles. The Morgan fingerprint density at radius 2 is 1.76 bits per heavy atom. The van der Waals surface area contributed by atoms with Gasteiger partial charge in [-0.3, -0.25) is 14.9 Å². The maximum Gasteiger partial charge on any atom is 0.273 e. The van der Waals surface area contributed by atoms with Crippen LogP contribution in [0.1, 0.15) is 17.5 Å². The van der Waals surface area contributed by atoms with Crippen LogP contribution in [0.3, 0.4) is 0 Å². The Morgan fingerprint density at radius 3 is 2.52 bits per heavy atom. The summed E-state index contributed by atoms with van der Waals surface area (Å²) in [6.45, 7) is 1.71. The van der Waals surface area contributed by atoms with E-state index in [4.69, 9.17) is 4.74 Å². The molecule has 6 heteroatoms. The topological polar surface area (TPSA) is 81.5 Å². The lowest BCUT2D eigenvalue weighted by Crippen LogP contribution is -2.27. The molecule has 1 amide bonds. The first kappa shape index (κ1) is 18.6. The number of hydrogen-bond acceptors (Lipinski definition) is 4. The second-order valence-electron chi connectivity index (χ2n) is 5.61. The number of benzene rings is 2. The predicted molar refractivity (Wildman–Crippen MR) is 95.4 cm³/mol. The molecule has 0 aliphatic carbocycles. The van der Waals surface area contributed by atoms with Crippen LogP contribution in [0.25, 0.3) is 0 Å². The summed E-state index contributed by atoms with van der Waals surface area (Å²) in [4.78, 5) is 22.3. The van der Waals surface area contributed by atoms with Gasteiger partial charge in [-0.1, -0.05) is 48.5 Å². The highest BCUT2D eigenvalue weighted by atomic mass is 16.6. The molecule has 0 radical (unpaired) electrons. The SMILES string of the molecule is O=C(Cc1ccccc1[N+](=O)[O-])NCCCOCCc1ccccc1. The van der Waals surface area contributed by atoms with E-state index in [1.165, 1.54) is 11.6 Å². The minimum Gasteiger partial charge on any atom is -0.381 e. The number of nitro benzene ring substituents is 1. The largest absolute Gasteiger partial charge is 0.381 e. The summed E-state index contributed by atoms with van der Waals surface area (Å²) in [5.41, 5.74) is 1.63. The first-order chi connectivity index (χ1) is 12.2. The van der Waals surface area contributed by atoms with Gasteiger partial charge < -0.3 is 10.1 Å². The van der Waals surface area contributed by atoms with Gasteiger partial charge in [0.15, 0.2) is 0 Å². The molecule has 2 aromatic carbocycles. The van der Waals surface area contributed by atoms with Crippen molar-refractivity contribution in [2.24, 2.45) is 0 Å². The van der Waals surface area contributed by atoms with Crippen LogP contribution in [0.2, 0.25) is 0 Å². The van der Waals surface area contributed by atoms with E-state index in [1.807, 2.05) is 18.2 Å². The molecule has 0 aliphatic heterocycles. The van der Waals surface area contributed by atoms with Crippen molar-refractivity contribution < 1.29 is 14.5 Å². The van der Waals surface area contributed by atoms with E-state index in [2.05, 4.69) is 17.4 Å². The first-order valence-electron chi connectivity index (χ1n) is 8.27. The summed E-state index contributed by atoms with van der Waals surface area (Å²) in [6.07, 6.45) is 1.58. The van der Waals surface area contributed by atoms with Gasteiger partial charge in [-0.05, 0) is 18.4 Å². The maximum atomic E-state index is 11.9. The van der Waals surface area contributed by atoms with Gasteiger partial charge in [-0.2, -0.15) is 0 Å². The van der Waals surface area contributed by atoms with E-state index in [0.29, 0.717) is 31.7 Å². The lowest BCUT2D eigenvalue weighted by atomic mass is 10.1. The van der Waals surface area contributed by atoms with Gasteiger partial charge in [-0.25, -0.2) is 0 Å². The van der Waals surface area contributed by atoms with Gasteiger partial charge >= 0.3 is 0 Å². The Hall–Kier alpha value is -2.73. The molecule has 25 heavy (non-hydrogen) atoms. The molecular weight excluding hydrogens is 320 g/mol. The van der Waals surface area contributed by atoms with E-state index >= 15 is 0 Å². The Kier molecular flexibility index (Phi) is 7.59. The van der Waals surface area contributed by atoms with Crippen molar-refractivity contribution in [3.8, 4) is 0 Å². The number of ether oxygens (including phenoxy) is 1. The minimum atomic E-state index is -0.469. The molecule has 0 unspecified atom stereocenters. The van der Waals surface area contributed by atoms with Crippen LogP contribution < -0.4 is 5.32 Å². The van der Waals surface area contributed by atoms with Crippen LogP contribution in [0, 0.1) is 10.1 Å². The van der Waals surface area contributed by atoms with Crippen LogP contribution >= 0.6 is 0 Å². The van der Waals surface area contributed by atoms with Crippen LogP contribution in [0.15, 0.2) is 54.6 Å². The molecule has 2 aromatic rings. The van der Waals surface area contributed by atoms with Crippen LogP contribution in [0.4, 0.5) is 5.69 Å². The Morgan fingerprint density at radius 1 is 1.04 bits per heavy atom. The second kappa shape index (κ2) is 10.2. The van der Waals surface area contributed by atoms with E-state index in [9.17, 15) is 14.9 Å². The maximum absolute atomic E-state index is 11.9. The zero-order valence-corrected chi connectivity index (χ0v) is 14.0. The van der Waals surface area contributed by atoms with Gasteiger partial charge in [0.05, 0.1) is 18.0 Å². The van der Waals surface area contributed by atoms with Crippen molar-refractivity contribution in [2.75, 3.05) is 19.8 Å². The van der Waals surface area contributed by atoms with Crippen molar-refractivity contribution in [3.05, 3.63) is 75.8 Å². The van der Waals surface area contributed by atoms with Gasteiger partial charge in [-0.15, -0.1) is 0 Å². The van der Waals surface area contributed by atoms with Crippen molar-refractivity contribution >= 4 is 11.6 Å². The third-order valence-corrected chi connectivity index (χ3v) is 3.70. The summed E-state index contributed by atoms with van der Waals surface area (Å²) in [5, 5.41) is 13.7. The standard InChI is InChI=1S/C19H22N2O4/c22-19(15-17-9-4-5-10-18(17)21(23)24)20-12-6-13-25-14-11-16-7-2-1-3-8-16/h1-5,7-10H,6,11-15H2,(H,20,22). The third kappa shape index (κ3) is 6.73. The molecule has 2 rings (SSSR count). The highest BCUT2D eigenvalue weighted by molar-refractivity contribution is 5.79. The molecule has 132 valence electrons. The highest BCUT2D eigenvalue weighted by Gasteiger charge is 2.14. The van der Waals surface area contributed by atoms with Gasteiger partial charge in [0, 0.05) is 24.8 Å². The first-order valence-corrected chi connectivity index (χ1v) is 8.27. The monoisotopic (exact) mass is 342 g/mol. The number of hydrogen-bond donors (Lipinski definition) is 1. The Labute approximate surface area is 147 Å². The zero-order valence-electron chi connectivity index (χ0n) is 14.0. The number of nitrogens with one attached hydrogen (secondary N) is 1. The van der Waals surface area contributed by atoms with Crippen molar-refractivity contribution in [3.63, 3.8) is 0 Å².